The average Bonchev–Trinajstić information content (AvgIpc) is 2.96. The number of allylic oxidation sites excluding steroid dienone is 2. The number of rotatable bonds is 9. The second kappa shape index (κ2) is 14.7. The van der Waals surface area contributed by atoms with Crippen LogP contribution in [0.1, 0.15) is 66.6 Å². The maximum Gasteiger partial charge on any atom is 0.326 e. The Morgan fingerprint density at radius 3 is 2.34 bits per heavy atom. The molecule has 0 saturated carbocycles. The van der Waals surface area contributed by atoms with E-state index in [2.05, 4.69) is 16.7 Å². The zero-order valence-corrected chi connectivity index (χ0v) is 22.6. The Hall–Kier alpha value is -4.61. The minimum atomic E-state index is -0.985. The lowest BCUT2D eigenvalue weighted by Gasteiger charge is -2.24. The van der Waals surface area contributed by atoms with E-state index in [4.69, 9.17) is 22.0 Å². The molecule has 0 saturated heterocycles. The molecule has 0 spiro atoms. The van der Waals surface area contributed by atoms with E-state index in [-0.39, 0.29) is 43.9 Å². The highest BCUT2D eigenvalue weighted by molar-refractivity contribution is 6.32. The minimum Gasteiger partial charge on any atom is -0.481 e. The SMILES string of the molecule is C.N#Cc1ccc(NC(=O)N(Cc2ccc(C(=O)NCCC(=O)O)cc2)c2ccc(C3=CCCCC3)cc2)cc1Cl. The zero-order valence-electron chi connectivity index (χ0n) is 21.8. The molecule has 0 atom stereocenters. The van der Waals surface area contributed by atoms with Crippen molar-refractivity contribution in [2.24, 2.45) is 0 Å². The molecule has 0 heterocycles. The molecular weight excluding hydrogens is 540 g/mol. The van der Waals surface area contributed by atoms with E-state index < -0.39 is 5.97 Å². The fourth-order valence-corrected chi connectivity index (χ4v) is 4.66. The first-order valence-corrected chi connectivity index (χ1v) is 13.4. The molecule has 3 N–H and O–H groups in total. The number of carbonyl (C=O) groups is 3. The van der Waals surface area contributed by atoms with Crippen LogP contribution in [0.15, 0.2) is 72.8 Å². The number of carboxylic acids is 1. The Morgan fingerprint density at radius 1 is 1.00 bits per heavy atom. The number of carboxylic acid groups (broad SMARTS) is 1. The van der Waals surface area contributed by atoms with Crippen molar-refractivity contribution in [1.29, 1.82) is 5.26 Å². The van der Waals surface area contributed by atoms with Crippen molar-refractivity contribution < 1.29 is 19.5 Å². The Labute approximate surface area is 245 Å². The van der Waals surface area contributed by atoms with E-state index in [0.717, 1.165) is 24.0 Å². The molecule has 8 nitrogen and oxygen atoms in total. The molecule has 0 fully saturated rings. The Bertz CT molecular complexity index is 1460. The molecule has 0 aromatic heterocycles. The number of nitriles is 1. The van der Waals surface area contributed by atoms with Crippen LogP contribution in [0.25, 0.3) is 5.57 Å². The summed E-state index contributed by atoms with van der Waals surface area (Å²) in [6, 6.07) is 21.0. The maximum atomic E-state index is 13.5. The quantitative estimate of drug-likeness (QED) is 0.249. The summed E-state index contributed by atoms with van der Waals surface area (Å²) in [6.07, 6.45) is 6.61. The molecule has 3 aromatic carbocycles. The second-order valence-corrected chi connectivity index (χ2v) is 9.85. The summed E-state index contributed by atoms with van der Waals surface area (Å²) in [5, 5.41) is 23.6. The standard InChI is InChI=1S/C31H29ClN4O4.CH4/c32-28-18-26(13-10-25(28)19-33)35-31(40)36(27-14-11-23(12-15-27)22-4-2-1-3-5-22)20-21-6-8-24(9-7-21)30(39)34-17-16-29(37)38;/h4,6-15,18H,1-3,5,16-17,20H2,(H,34,39)(H,35,40)(H,37,38);1H4. The topological polar surface area (TPSA) is 123 Å². The number of nitrogens with one attached hydrogen (secondary N) is 2. The second-order valence-electron chi connectivity index (χ2n) is 9.44. The number of carbonyl (C=O) groups excluding carboxylic acids is 2. The van der Waals surface area contributed by atoms with Crippen LogP contribution in [0.3, 0.4) is 0 Å². The lowest BCUT2D eigenvalue weighted by molar-refractivity contribution is -0.136. The van der Waals surface area contributed by atoms with E-state index in [1.807, 2.05) is 30.3 Å². The number of urea groups is 1. The number of amides is 3. The van der Waals surface area contributed by atoms with Crippen LogP contribution in [0.2, 0.25) is 5.02 Å². The van der Waals surface area contributed by atoms with Crippen molar-refractivity contribution in [2.45, 2.75) is 46.1 Å². The predicted octanol–water partition coefficient (Wildman–Crippen LogP) is 7.25. The fourth-order valence-electron chi connectivity index (χ4n) is 4.44. The summed E-state index contributed by atoms with van der Waals surface area (Å²) in [4.78, 5) is 38.1. The van der Waals surface area contributed by atoms with Gasteiger partial charge < -0.3 is 15.7 Å². The summed E-state index contributed by atoms with van der Waals surface area (Å²) in [5.74, 6) is -1.35. The van der Waals surface area contributed by atoms with Crippen LogP contribution in [0, 0.1) is 11.3 Å². The van der Waals surface area contributed by atoms with Gasteiger partial charge in [-0.25, -0.2) is 4.79 Å². The number of anilines is 2. The number of halogens is 1. The normalized spacial score (nSPS) is 12.2. The van der Waals surface area contributed by atoms with Crippen molar-refractivity contribution in [3.05, 3.63) is 100 Å². The molecule has 0 radical (unpaired) electrons. The number of nitrogens with zero attached hydrogens (tertiary/aromatic N) is 2. The summed E-state index contributed by atoms with van der Waals surface area (Å²) < 4.78 is 0. The van der Waals surface area contributed by atoms with Gasteiger partial charge in [0, 0.05) is 23.5 Å². The van der Waals surface area contributed by atoms with Gasteiger partial charge in [-0.1, -0.05) is 49.4 Å². The molecule has 0 aliphatic heterocycles. The third-order valence-corrected chi connectivity index (χ3v) is 6.92. The average molecular weight is 573 g/mol. The number of benzene rings is 3. The molecule has 1 aliphatic rings. The number of hydrogen-bond donors (Lipinski definition) is 3. The van der Waals surface area contributed by atoms with Crippen molar-refractivity contribution in [1.82, 2.24) is 5.32 Å². The van der Waals surface area contributed by atoms with Crippen LogP contribution in [0.4, 0.5) is 16.2 Å². The van der Waals surface area contributed by atoms with Crippen LogP contribution < -0.4 is 15.5 Å². The van der Waals surface area contributed by atoms with Gasteiger partial charge in [0.1, 0.15) is 6.07 Å². The van der Waals surface area contributed by atoms with E-state index in [0.29, 0.717) is 22.5 Å². The molecule has 0 bridgehead atoms. The number of aliphatic carboxylic acids is 1. The lowest BCUT2D eigenvalue weighted by Crippen LogP contribution is -2.34. The molecule has 3 amide bonds. The van der Waals surface area contributed by atoms with Gasteiger partial charge in [-0.05, 0) is 84.8 Å². The van der Waals surface area contributed by atoms with Crippen molar-refractivity contribution >= 4 is 46.5 Å². The van der Waals surface area contributed by atoms with Gasteiger partial charge in [-0.15, -0.1) is 0 Å². The summed E-state index contributed by atoms with van der Waals surface area (Å²) in [6.45, 7) is 0.259. The molecule has 3 aromatic rings. The van der Waals surface area contributed by atoms with Gasteiger partial charge in [0.05, 0.1) is 23.6 Å². The molecule has 1 aliphatic carbocycles. The van der Waals surface area contributed by atoms with Gasteiger partial charge >= 0.3 is 12.0 Å². The molecule has 0 unspecified atom stereocenters. The van der Waals surface area contributed by atoms with E-state index >= 15 is 0 Å². The van der Waals surface area contributed by atoms with Gasteiger partial charge in [0.25, 0.3) is 5.91 Å². The lowest BCUT2D eigenvalue weighted by atomic mass is 9.93. The Kier molecular flexibility index (Phi) is 11.1. The molecule has 41 heavy (non-hydrogen) atoms. The largest absolute Gasteiger partial charge is 0.481 e. The fraction of sp³-hybridized carbons (Fsp3) is 0.250. The number of hydrogen-bond acceptors (Lipinski definition) is 4. The highest BCUT2D eigenvalue weighted by Crippen LogP contribution is 2.29. The Morgan fingerprint density at radius 2 is 1.73 bits per heavy atom. The van der Waals surface area contributed by atoms with Crippen LogP contribution in [0.5, 0.6) is 0 Å². The highest BCUT2D eigenvalue weighted by Gasteiger charge is 2.18. The first-order valence-electron chi connectivity index (χ1n) is 13.0. The third kappa shape index (κ3) is 8.44. The van der Waals surface area contributed by atoms with Gasteiger partial charge in [0.2, 0.25) is 0 Å². The summed E-state index contributed by atoms with van der Waals surface area (Å²) >= 11 is 6.16. The third-order valence-electron chi connectivity index (χ3n) is 6.61. The Balaban J connectivity index is 0.00000462. The van der Waals surface area contributed by atoms with Crippen molar-refractivity contribution in [3.63, 3.8) is 0 Å². The van der Waals surface area contributed by atoms with Crippen molar-refractivity contribution in [2.75, 3.05) is 16.8 Å². The smallest absolute Gasteiger partial charge is 0.326 e. The van der Waals surface area contributed by atoms with Gasteiger partial charge in [0.15, 0.2) is 0 Å². The monoisotopic (exact) mass is 572 g/mol. The maximum absolute atomic E-state index is 13.5. The first-order chi connectivity index (χ1) is 19.3. The van der Waals surface area contributed by atoms with E-state index in [1.165, 1.54) is 24.5 Å². The molecule has 9 heteroatoms. The first kappa shape index (κ1) is 30.9. The molecular formula is C32H33ClN4O4. The highest BCUT2D eigenvalue weighted by atomic mass is 35.5. The van der Waals surface area contributed by atoms with Crippen LogP contribution in [-0.4, -0.2) is 29.6 Å². The predicted molar refractivity (Wildman–Crippen MR) is 162 cm³/mol. The summed E-state index contributed by atoms with van der Waals surface area (Å²) in [5.41, 5.74) is 5.09. The molecule has 4 rings (SSSR count). The summed E-state index contributed by atoms with van der Waals surface area (Å²) in [7, 11) is 0. The minimum absolute atomic E-state index is 0. The van der Waals surface area contributed by atoms with Crippen LogP contribution in [-0.2, 0) is 11.3 Å². The van der Waals surface area contributed by atoms with E-state index in [9.17, 15) is 14.4 Å². The van der Waals surface area contributed by atoms with E-state index in [1.54, 1.807) is 41.3 Å². The van der Waals surface area contributed by atoms with Gasteiger partial charge in [-0.2, -0.15) is 5.26 Å². The molecule has 212 valence electrons. The van der Waals surface area contributed by atoms with Gasteiger partial charge in [-0.3, -0.25) is 14.5 Å². The zero-order chi connectivity index (χ0) is 28.5. The van der Waals surface area contributed by atoms with Crippen molar-refractivity contribution in [3.8, 4) is 6.07 Å². The van der Waals surface area contributed by atoms with Crippen LogP contribution >= 0.6 is 11.6 Å².